The third-order valence-electron chi connectivity index (χ3n) is 10.0. The number of aliphatic imine (C=N–C) groups is 2. The smallest absolute Gasteiger partial charge is 0.250 e. The summed E-state index contributed by atoms with van der Waals surface area (Å²) < 4.78 is 18.7. The first-order valence-electron chi connectivity index (χ1n) is 19.5. The lowest BCUT2D eigenvalue weighted by atomic mass is 10.0. The fourth-order valence-electron chi connectivity index (χ4n) is 6.93. The zero-order chi connectivity index (χ0) is 40.6. The molecule has 0 bridgehead atoms. The molecule has 0 radical (unpaired) electrons. The topological polar surface area (TPSA) is 109 Å². The van der Waals surface area contributed by atoms with E-state index in [0.29, 0.717) is 43.9 Å². The van der Waals surface area contributed by atoms with Gasteiger partial charge in [-0.3, -0.25) is 14.4 Å². The molecular weight excluding hydrogens is 739 g/mol. The summed E-state index contributed by atoms with van der Waals surface area (Å²) in [4.78, 5) is 46.1. The standard InChI is InChI=1S/C26H21NO3.C24H20N2O3/c28-26(14-18-9-10-20-16-29-17-21(20)13-18)25-12-11-24(27-25)19-5-4-8-23(15-19)30-22-6-2-1-3-7-22;1-26-16-17(10-13-24(26)28)14-23(27)22-12-11-21(25-22)18-6-5-9-20(15-18)29-19-7-3-2-4-8-19/h1-11,13,15H,12,14,16-17H2;2-11,13,15-16H,12,14H2,1H3. The highest BCUT2D eigenvalue weighted by Gasteiger charge is 2.20. The Kier molecular flexibility index (Phi) is 11.7. The first-order valence-corrected chi connectivity index (χ1v) is 19.5. The van der Waals surface area contributed by atoms with E-state index in [2.05, 4.69) is 22.1 Å². The van der Waals surface area contributed by atoms with E-state index in [-0.39, 0.29) is 23.5 Å². The molecule has 292 valence electrons. The predicted molar refractivity (Wildman–Crippen MR) is 230 cm³/mol. The molecule has 5 aromatic carbocycles. The Labute approximate surface area is 342 Å². The number of aryl methyl sites for hydroxylation is 1. The summed E-state index contributed by atoms with van der Waals surface area (Å²) in [6.45, 7) is 1.29. The van der Waals surface area contributed by atoms with Gasteiger partial charge in [0.15, 0.2) is 11.6 Å². The fraction of sp³-hybridized carbons (Fsp3) is 0.140. The minimum absolute atomic E-state index is 0.0356. The number of ketones is 2. The number of carbonyl (C=O) groups excluding carboxylic acids is 2. The van der Waals surface area contributed by atoms with Crippen LogP contribution in [0, 0.1) is 0 Å². The van der Waals surface area contributed by atoms with Crippen LogP contribution in [0.15, 0.2) is 173 Å². The van der Waals surface area contributed by atoms with Crippen molar-refractivity contribution in [3.63, 3.8) is 0 Å². The van der Waals surface area contributed by atoms with Crippen LogP contribution in [0.2, 0.25) is 0 Å². The highest BCUT2D eigenvalue weighted by molar-refractivity contribution is 6.42. The molecule has 0 saturated carbocycles. The Morgan fingerprint density at radius 3 is 1.64 bits per heavy atom. The molecule has 9 rings (SSSR count). The van der Waals surface area contributed by atoms with Gasteiger partial charge in [0.2, 0.25) is 5.56 Å². The van der Waals surface area contributed by atoms with Crippen molar-refractivity contribution >= 4 is 34.4 Å². The van der Waals surface area contributed by atoms with E-state index in [0.717, 1.165) is 56.6 Å². The van der Waals surface area contributed by atoms with E-state index in [9.17, 15) is 14.4 Å². The molecule has 3 aliphatic rings. The van der Waals surface area contributed by atoms with Crippen LogP contribution < -0.4 is 15.0 Å². The van der Waals surface area contributed by atoms with Gasteiger partial charge >= 0.3 is 0 Å². The van der Waals surface area contributed by atoms with Crippen molar-refractivity contribution in [2.75, 3.05) is 0 Å². The SMILES string of the molecule is Cn1cc(CC(=O)C2=NC(c3cccc(Oc4ccccc4)c3)=CC2)ccc1=O.O=C(Cc1ccc2c(c1)COC2)C1=NC(c2cccc(Oc3ccccc3)c2)=CC1. The van der Waals surface area contributed by atoms with Crippen molar-refractivity contribution in [1.29, 1.82) is 0 Å². The third-order valence-corrected chi connectivity index (χ3v) is 10.0. The van der Waals surface area contributed by atoms with Gasteiger partial charge in [-0.15, -0.1) is 0 Å². The van der Waals surface area contributed by atoms with Crippen LogP contribution in [-0.2, 0) is 47.4 Å². The average Bonchev–Trinajstić information content (AvgIpc) is 4.06. The van der Waals surface area contributed by atoms with Crippen molar-refractivity contribution in [3.05, 3.63) is 202 Å². The maximum Gasteiger partial charge on any atom is 0.250 e. The van der Waals surface area contributed by atoms with Crippen molar-refractivity contribution < 1.29 is 23.8 Å². The Morgan fingerprint density at radius 1 is 0.576 bits per heavy atom. The number of rotatable bonds is 12. The van der Waals surface area contributed by atoms with Crippen LogP contribution in [0.5, 0.6) is 23.0 Å². The van der Waals surface area contributed by atoms with E-state index in [1.165, 1.54) is 21.8 Å². The molecule has 0 aliphatic carbocycles. The molecule has 0 fully saturated rings. The summed E-state index contributed by atoms with van der Waals surface area (Å²) in [5.41, 5.74) is 8.69. The summed E-state index contributed by atoms with van der Waals surface area (Å²) in [6, 6.07) is 44.0. The highest BCUT2D eigenvalue weighted by atomic mass is 16.5. The summed E-state index contributed by atoms with van der Waals surface area (Å²) in [5, 5.41) is 0. The van der Waals surface area contributed by atoms with Gasteiger partial charge in [-0.05, 0) is 70.8 Å². The van der Waals surface area contributed by atoms with Crippen LogP contribution in [0.1, 0.15) is 46.2 Å². The zero-order valence-electron chi connectivity index (χ0n) is 32.5. The second kappa shape index (κ2) is 17.9. The van der Waals surface area contributed by atoms with Gasteiger partial charge < -0.3 is 18.8 Å². The molecule has 4 heterocycles. The predicted octanol–water partition coefficient (Wildman–Crippen LogP) is 9.68. The molecule has 0 N–H and O–H groups in total. The number of nitrogens with zero attached hydrogens (tertiary/aromatic N) is 3. The molecule has 59 heavy (non-hydrogen) atoms. The molecular formula is C50H41N3O6. The van der Waals surface area contributed by atoms with Gasteiger partial charge in [-0.2, -0.15) is 0 Å². The summed E-state index contributed by atoms with van der Waals surface area (Å²) in [5.74, 6) is 3.05. The minimum atomic E-state index is -0.0963. The number of fused-ring (bicyclic) bond motifs is 1. The monoisotopic (exact) mass is 779 g/mol. The normalized spacial score (nSPS) is 13.9. The number of carbonyl (C=O) groups is 2. The summed E-state index contributed by atoms with van der Waals surface area (Å²) in [6.07, 6.45) is 7.31. The molecule has 6 aromatic rings. The second-order valence-electron chi connectivity index (χ2n) is 14.4. The van der Waals surface area contributed by atoms with E-state index < -0.39 is 0 Å². The quantitative estimate of drug-likeness (QED) is 0.122. The number of benzene rings is 5. The lowest BCUT2D eigenvalue weighted by Gasteiger charge is -2.07. The van der Waals surface area contributed by atoms with Crippen LogP contribution >= 0.6 is 0 Å². The molecule has 0 atom stereocenters. The molecule has 0 unspecified atom stereocenters. The Bertz CT molecular complexity index is 2710. The van der Waals surface area contributed by atoms with E-state index in [1.807, 2.05) is 127 Å². The van der Waals surface area contributed by atoms with Gasteiger partial charge in [-0.1, -0.05) is 97.1 Å². The van der Waals surface area contributed by atoms with Gasteiger partial charge in [0.05, 0.1) is 36.0 Å². The number of allylic oxidation sites excluding steroid dienone is 2. The number of pyridine rings is 1. The molecule has 0 amide bonds. The van der Waals surface area contributed by atoms with Gasteiger partial charge in [0.1, 0.15) is 23.0 Å². The van der Waals surface area contributed by atoms with E-state index in [4.69, 9.17) is 14.2 Å². The Morgan fingerprint density at radius 2 is 1.08 bits per heavy atom. The van der Waals surface area contributed by atoms with Gasteiger partial charge in [0.25, 0.3) is 0 Å². The second-order valence-corrected chi connectivity index (χ2v) is 14.4. The largest absolute Gasteiger partial charge is 0.457 e. The zero-order valence-corrected chi connectivity index (χ0v) is 32.5. The van der Waals surface area contributed by atoms with E-state index in [1.54, 1.807) is 19.3 Å². The van der Waals surface area contributed by atoms with Crippen molar-refractivity contribution in [2.24, 2.45) is 17.0 Å². The first kappa shape index (κ1) is 38.6. The van der Waals surface area contributed by atoms with Crippen LogP contribution in [0.3, 0.4) is 0 Å². The minimum Gasteiger partial charge on any atom is -0.457 e. The Hall–Kier alpha value is -7.23. The fourth-order valence-corrected chi connectivity index (χ4v) is 6.93. The molecule has 9 nitrogen and oxygen atoms in total. The van der Waals surface area contributed by atoms with Gasteiger partial charge in [-0.25, -0.2) is 9.98 Å². The number of Topliss-reactive ketones (excluding diaryl/α,β-unsaturated/α-hetero) is 2. The van der Waals surface area contributed by atoms with Crippen molar-refractivity contribution in [1.82, 2.24) is 4.57 Å². The Balaban J connectivity index is 0.000000164. The van der Waals surface area contributed by atoms with Crippen LogP contribution in [0.4, 0.5) is 0 Å². The lowest BCUT2D eigenvalue weighted by molar-refractivity contribution is -0.113. The molecule has 0 saturated heterocycles. The molecule has 3 aliphatic heterocycles. The maximum atomic E-state index is 12.8. The van der Waals surface area contributed by atoms with Crippen LogP contribution in [-0.4, -0.2) is 27.6 Å². The average molecular weight is 780 g/mol. The van der Waals surface area contributed by atoms with Gasteiger partial charge in [0, 0.05) is 56.1 Å². The molecule has 0 spiro atoms. The molecule has 9 heteroatoms. The lowest BCUT2D eigenvalue weighted by Crippen LogP contribution is -2.18. The number of para-hydroxylation sites is 2. The number of hydrogen-bond donors (Lipinski definition) is 0. The maximum absolute atomic E-state index is 12.8. The van der Waals surface area contributed by atoms with Crippen molar-refractivity contribution in [3.8, 4) is 23.0 Å². The highest BCUT2D eigenvalue weighted by Crippen LogP contribution is 2.30. The molecule has 1 aromatic heterocycles. The summed E-state index contributed by atoms with van der Waals surface area (Å²) >= 11 is 0. The van der Waals surface area contributed by atoms with E-state index >= 15 is 0 Å². The number of hydrogen-bond acceptors (Lipinski definition) is 8. The first-order chi connectivity index (χ1) is 28.8. The van der Waals surface area contributed by atoms with Crippen molar-refractivity contribution in [2.45, 2.75) is 38.9 Å². The summed E-state index contributed by atoms with van der Waals surface area (Å²) in [7, 11) is 1.67. The number of ether oxygens (including phenoxy) is 3. The number of aromatic nitrogens is 1. The third kappa shape index (κ3) is 9.84. The van der Waals surface area contributed by atoms with Crippen LogP contribution in [0.25, 0.3) is 11.4 Å².